The number of pyridine rings is 1. The molecule has 1 atom stereocenters. The number of amides is 1. The fraction of sp³-hybridized carbons (Fsp3) is 0.222. The Hall–Kier alpha value is -2.69. The van der Waals surface area contributed by atoms with Crippen molar-refractivity contribution < 1.29 is 9.18 Å². The lowest BCUT2D eigenvalue weighted by Crippen LogP contribution is -2.30. The molecule has 3 aromatic rings. The molecule has 0 bridgehead atoms. The fourth-order valence-corrected chi connectivity index (χ4v) is 3.30. The third kappa shape index (κ3) is 2.38. The van der Waals surface area contributed by atoms with Crippen LogP contribution in [0.1, 0.15) is 34.8 Å². The Balaban J connectivity index is 1.68. The number of fused-ring (bicyclic) bond motifs is 1. The number of carbonyl (C=O) groups excluding carboxylic acids is 1. The van der Waals surface area contributed by atoms with E-state index in [0.717, 1.165) is 23.9 Å². The molecule has 5 heteroatoms. The number of hydrogen-bond donors (Lipinski definition) is 0. The van der Waals surface area contributed by atoms with E-state index in [-0.39, 0.29) is 17.8 Å². The van der Waals surface area contributed by atoms with E-state index in [4.69, 9.17) is 0 Å². The van der Waals surface area contributed by atoms with Crippen LogP contribution in [0.25, 0.3) is 5.52 Å². The molecular weight excluding hydrogens is 293 g/mol. The lowest BCUT2D eigenvalue weighted by Gasteiger charge is -2.24. The average Bonchev–Trinajstić information content (AvgIpc) is 3.22. The summed E-state index contributed by atoms with van der Waals surface area (Å²) in [5.41, 5.74) is 2.40. The maximum atomic E-state index is 13.1. The van der Waals surface area contributed by atoms with E-state index in [0.29, 0.717) is 12.1 Å². The van der Waals surface area contributed by atoms with Gasteiger partial charge >= 0.3 is 0 Å². The van der Waals surface area contributed by atoms with Crippen molar-refractivity contribution >= 4 is 11.4 Å². The van der Waals surface area contributed by atoms with Crippen molar-refractivity contribution in [3.8, 4) is 0 Å². The quantitative estimate of drug-likeness (QED) is 0.727. The minimum Gasteiger partial charge on any atom is -0.331 e. The van der Waals surface area contributed by atoms with Crippen LogP contribution in [0.4, 0.5) is 4.39 Å². The van der Waals surface area contributed by atoms with Gasteiger partial charge < -0.3 is 4.90 Å². The molecule has 116 valence electrons. The summed E-state index contributed by atoms with van der Waals surface area (Å²) in [7, 11) is 0. The standard InChI is InChI=1S/C18H16FN3O/c19-14-8-6-13(7-9-14)16-5-3-10-21(16)18(23)15-12-20-22-11-2-1-4-17(15)22/h1-2,4,6-9,11-12,16H,3,5,10H2/t16-/m1/s1. The van der Waals surface area contributed by atoms with Gasteiger partial charge in [0.05, 0.1) is 23.3 Å². The number of nitrogens with zero attached hydrogens (tertiary/aromatic N) is 3. The Morgan fingerprint density at radius 3 is 2.83 bits per heavy atom. The molecule has 0 saturated carbocycles. The summed E-state index contributed by atoms with van der Waals surface area (Å²) in [6, 6.07) is 12.1. The van der Waals surface area contributed by atoms with E-state index in [2.05, 4.69) is 5.10 Å². The van der Waals surface area contributed by atoms with Crippen LogP contribution in [0.15, 0.2) is 54.9 Å². The first-order valence-electron chi connectivity index (χ1n) is 7.73. The third-order valence-electron chi connectivity index (χ3n) is 4.43. The van der Waals surface area contributed by atoms with Gasteiger partial charge in [-0.3, -0.25) is 4.79 Å². The smallest absolute Gasteiger partial charge is 0.258 e. The summed E-state index contributed by atoms with van der Waals surface area (Å²) >= 11 is 0. The lowest BCUT2D eigenvalue weighted by atomic mass is 10.0. The zero-order valence-electron chi connectivity index (χ0n) is 12.5. The fourth-order valence-electron chi connectivity index (χ4n) is 3.30. The molecule has 0 N–H and O–H groups in total. The molecule has 1 aromatic carbocycles. The minimum absolute atomic E-state index is 0.00163. The van der Waals surface area contributed by atoms with Crippen LogP contribution in [0.5, 0.6) is 0 Å². The third-order valence-corrected chi connectivity index (χ3v) is 4.43. The highest BCUT2D eigenvalue weighted by Crippen LogP contribution is 2.33. The molecule has 2 aromatic heterocycles. The molecule has 1 aliphatic rings. The molecule has 1 fully saturated rings. The maximum Gasteiger partial charge on any atom is 0.258 e. The Morgan fingerprint density at radius 2 is 2.00 bits per heavy atom. The summed E-state index contributed by atoms with van der Waals surface area (Å²) in [5, 5.41) is 4.24. The highest BCUT2D eigenvalue weighted by Gasteiger charge is 2.31. The van der Waals surface area contributed by atoms with E-state index in [1.807, 2.05) is 29.3 Å². The number of aromatic nitrogens is 2. The predicted molar refractivity (Wildman–Crippen MR) is 84.6 cm³/mol. The van der Waals surface area contributed by atoms with E-state index in [1.54, 1.807) is 22.8 Å². The molecule has 4 rings (SSSR count). The highest BCUT2D eigenvalue weighted by molar-refractivity contribution is 6.00. The minimum atomic E-state index is -0.257. The molecule has 3 heterocycles. The van der Waals surface area contributed by atoms with Gasteiger partial charge in [-0.15, -0.1) is 0 Å². The van der Waals surface area contributed by atoms with Crippen LogP contribution < -0.4 is 0 Å². The van der Waals surface area contributed by atoms with Crippen LogP contribution in [-0.4, -0.2) is 27.0 Å². The van der Waals surface area contributed by atoms with Crippen molar-refractivity contribution in [1.82, 2.24) is 14.5 Å². The average molecular weight is 309 g/mol. The first-order valence-corrected chi connectivity index (χ1v) is 7.73. The summed E-state index contributed by atoms with van der Waals surface area (Å²) < 4.78 is 14.8. The number of rotatable bonds is 2. The van der Waals surface area contributed by atoms with E-state index in [9.17, 15) is 9.18 Å². The van der Waals surface area contributed by atoms with Gasteiger partial charge in [0.1, 0.15) is 5.82 Å². The van der Waals surface area contributed by atoms with Gasteiger partial charge in [-0.2, -0.15) is 5.10 Å². The molecule has 23 heavy (non-hydrogen) atoms. The Morgan fingerprint density at radius 1 is 1.17 bits per heavy atom. The second-order valence-electron chi connectivity index (χ2n) is 5.80. The molecule has 4 nitrogen and oxygen atoms in total. The van der Waals surface area contributed by atoms with E-state index < -0.39 is 0 Å². The van der Waals surface area contributed by atoms with E-state index >= 15 is 0 Å². The summed E-state index contributed by atoms with van der Waals surface area (Å²) in [6.45, 7) is 0.713. The SMILES string of the molecule is O=C(c1cnn2ccccc12)N1CCC[C@@H]1c1ccc(F)cc1. The van der Waals surface area contributed by atoms with Gasteiger partial charge in [-0.05, 0) is 42.7 Å². The molecule has 1 amide bonds. The predicted octanol–water partition coefficient (Wildman–Crippen LogP) is 3.45. The second-order valence-corrected chi connectivity index (χ2v) is 5.80. The van der Waals surface area contributed by atoms with Crippen molar-refractivity contribution in [3.63, 3.8) is 0 Å². The number of halogens is 1. The van der Waals surface area contributed by atoms with Gasteiger partial charge in [-0.1, -0.05) is 18.2 Å². The topological polar surface area (TPSA) is 37.6 Å². The number of benzene rings is 1. The summed E-state index contributed by atoms with van der Waals surface area (Å²) in [6.07, 6.45) is 5.30. The van der Waals surface area contributed by atoms with Crippen LogP contribution in [0.3, 0.4) is 0 Å². The zero-order chi connectivity index (χ0) is 15.8. The number of carbonyl (C=O) groups is 1. The summed E-state index contributed by atoms with van der Waals surface area (Å²) in [5.74, 6) is -0.273. The lowest BCUT2D eigenvalue weighted by molar-refractivity contribution is 0.0737. The van der Waals surface area contributed by atoms with Crippen LogP contribution in [-0.2, 0) is 0 Å². The Kier molecular flexibility index (Phi) is 3.33. The number of likely N-dealkylation sites (tertiary alicyclic amines) is 1. The van der Waals surface area contributed by atoms with Crippen molar-refractivity contribution in [2.75, 3.05) is 6.54 Å². The molecule has 0 aliphatic carbocycles. The molecule has 1 aliphatic heterocycles. The normalized spacial score (nSPS) is 17.8. The van der Waals surface area contributed by atoms with Crippen molar-refractivity contribution in [3.05, 3.63) is 71.8 Å². The molecule has 0 unspecified atom stereocenters. The maximum absolute atomic E-state index is 13.1. The van der Waals surface area contributed by atoms with Crippen molar-refractivity contribution in [2.45, 2.75) is 18.9 Å². The molecule has 1 saturated heterocycles. The van der Waals surface area contributed by atoms with Gasteiger partial charge in [0.25, 0.3) is 5.91 Å². The Labute approximate surface area is 133 Å². The molecular formula is C18H16FN3O. The first-order chi connectivity index (χ1) is 11.2. The highest BCUT2D eigenvalue weighted by atomic mass is 19.1. The molecule has 0 spiro atoms. The van der Waals surface area contributed by atoms with Gasteiger partial charge in [0.15, 0.2) is 0 Å². The van der Waals surface area contributed by atoms with Crippen LogP contribution in [0, 0.1) is 5.82 Å². The molecule has 0 radical (unpaired) electrons. The monoisotopic (exact) mass is 309 g/mol. The van der Waals surface area contributed by atoms with Gasteiger partial charge in [0.2, 0.25) is 0 Å². The second kappa shape index (κ2) is 5.50. The largest absolute Gasteiger partial charge is 0.331 e. The zero-order valence-corrected chi connectivity index (χ0v) is 12.5. The first kappa shape index (κ1) is 13.9. The van der Waals surface area contributed by atoms with Crippen molar-refractivity contribution in [2.24, 2.45) is 0 Å². The summed E-state index contributed by atoms with van der Waals surface area (Å²) in [4.78, 5) is 14.8. The van der Waals surface area contributed by atoms with Gasteiger partial charge in [-0.25, -0.2) is 8.91 Å². The van der Waals surface area contributed by atoms with Crippen LogP contribution in [0.2, 0.25) is 0 Å². The Bertz CT molecular complexity index is 856. The van der Waals surface area contributed by atoms with Gasteiger partial charge in [0, 0.05) is 12.7 Å². The van der Waals surface area contributed by atoms with Crippen molar-refractivity contribution in [1.29, 1.82) is 0 Å². The number of hydrogen-bond acceptors (Lipinski definition) is 2. The van der Waals surface area contributed by atoms with E-state index in [1.165, 1.54) is 12.1 Å². The van der Waals surface area contributed by atoms with Crippen LogP contribution >= 0.6 is 0 Å².